The molecule has 0 heterocycles. The second-order valence-corrected chi connectivity index (χ2v) is 6.04. The number of carbonyl (C=O) groups is 2. The van der Waals surface area contributed by atoms with Gasteiger partial charge in [0, 0.05) is 13.0 Å². The predicted octanol–water partition coefficient (Wildman–Crippen LogP) is 2.68. The molecule has 28 heavy (non-hydrogen) atoms. The van der Waals surface area contributed by atoms with Gasteiger partial charge in [0.15, 0.2) is 18.1 Å². The molecule has 0 spiro atoms. The summed E-state index contributed by atoms with van der Waals surface area (Å²) in [6, 6.07) is 11.8. The molecule has 2 aromatic rings. The zero-order chi connectivity index (χ0) is 20.4. The van der Waals surface area contributed by atoms with Crippen LogP contribution in [0.4, 0.5) is 4.39 Å². The maximum atomic E-state index is 13.5. The average molecular weight is 389 g/mol. The van der Waals surface area contributed by atoms with Crippen LogP contribution >= 0.6 is 0 Å². The molecule has 6 nitrogen and oxygen atoms in total. The van der Waals surface area contributed by atoms with Gasteiger partial charge in [-0.1, -0.05) is 24.3 Å². The minimum absolute atomic E-state index is 0.137. The largest absolute Gasteiger partial charge is 0.493 e. The number of aryl methyl sites for hydroxylation is 1. The number of hydrogen-bond donors (Lipinski definition) is 1. The SMILES string of the molecule is COc1ccc(CCC(=O)OCC(=O)NCCc2ccccc2F)cc1OC. The molecule has 1 amide bonds. The Labute approximate surface area is 163 Å². The summed E-state index contributed by atoms with van der Waals surface area (Å²) < 4.78 is 28.8. The number of esters is 1. The number of halogens is 1. The van der Waals surface area contributed by atoms with Crippen molar-refractivity contribution in [2.24, 2.45) is 0 Å². The molecule has 0 atom stereocenters. The van der Waals surface area contributed by atoms with E-state index in [1.807, 2.05) is 6.07 Å². The number of amides is 1. The summed E-state index contributed by atoms with van der Waals surface area (Å²) in [4.78, 5) is 23.6. The summed E-state index contributed by atoms with van der Waals surface area (Å²) in [5.41, 5.74) is 1.42. The molecule has 0 bridgehead atoms. The van der Waals surface area contributed by atoms with Crippen LogP contribution in [-0.4, -0.2) is 39.2 Å². The van der Waals surface area contributed by atoms with E-state index in [4.69, 9.17) is 14.2 Å². The number of ether oxygens (including phenoxy) is 3. The van der Waals surface area contributed by atoms with E-state index >= 15 is 0 Å². The highest BCUT2D eigenvalue weighted by Gasteiger charge is 2.10. The molecule has 2 rings (SSSR count). The van der Waals surface area contributed by atoms with Crippen molar-refractivity contribution in [3.05, 3.63) is 59.4 Å². The molecule has 150 valence electrons. The Morgan fingerprint density at radius 3 is 2.46 bits per heavy atom. The Kier molecular flexibility index (Phi) is 8.27. The molecular weight excluding hydrogens is 365 g/mol. The average Bonchev–Trinajstić information content (AvgIpc) is 2.71. The van der Waals surface area contributed by atoms with Crippen molar-refractivity contribution in [1.29, 1.82) is 0 Å². The molecular formula is C21H24FNO5. The predicted molar refractivity (Wildman–Crippen MR) is 102 cm³/mol. The first-order chi connectivity index (χ1) is 13.5. The second kappa shape index (κ2) is 10.9. The Morgan fingerprint density at radius 2 is 1.75 bits per heavy atom. The van der Waals surface area contributed by atoms with Crippen molar-refractivity contribution in [3.8, 4) is 11.5 Å². The maximum absolute atomic E-state index is 13.5. The first-order valence-electron chi connectivity index (χ1n) is 8.90. The second-order valence-electron chi connectivity index (χ2n) is 6.04. The van der Waals surface area contributed by atoms with E-state index in [9.17, 15) is 14.0 Å². The molecule has 0 radical (unpaired) electrons. The molecule has 1 N–H and O–H groups in total. The maximum Gasteiger partial charge on any atom is 0.306 e. The Morgan fingerprint density at radius 1 is 1.00 bits per heavy atom. The molecule has 0 aliphatic heterocycles. The van der Waals surface area contributed by atoms with Crippen LogP contribution in [0.15, 0.2) is 42.5 Å². The minimum Gasteiger partial charge on any atom is -0.493 e. The summed E-state index contributed by atoms with van der Waals surface area (Å²) in [5, 5.41) is 2.60. The molecule has 2 aromatic carbocycles. The van der Waals surface area contributed by atoms with Crippen molar-refractivity contribution in [1.82, 2.24) is 5.32 Å². The van der Waals surface area contributed by atoms with E-state index in [1.54, 1.807) is 44.6 Å². The van der Waals surface area contributed by atoms with Crippen LogP contribution in [0.2, 0.25) is 0 Å². The van der Waals surface area contributed by atoms with Crippen LogP contribution in [0.3, 0.4) is 0 Å². The van der Waals surface area contributed by atoms with E-state index < -0.39 is 11.9 Å². The minimum atomic E-state index is -0.473. The first kappa shape index (κ1) is 21.2. The van der Waals surface area contributed by atoms with Gasteiger partial charge in [0.1, 0.15) is 5.82 Å². The van der Waals surface area contributed by atoms with Gasteiger partial charge in [0.2, 0.25) is 0 Å². The van der Waals surface area contributed by atoms with Crippen molar-refractivity contribution < 1.29 is 28.2 Å². The van der Waals surface area contributed by atoms with Crippen LogP contribution in [0, 0.1) is 5.82 Å². The monoisotopic (exact) mass is 389 g/mol. The van der Waals surface area contributed by atoms with Crippen LogP contribution in [0.1, 0.15) is 17.5 Å². The highest BCUT2D eigenvalue weighted by Crippen LogP contribution is 2.27. The lowest BCUT2D eigenvalue weighted by molar-refractivity contribution is -0.148. The van der Waals surface area contributed by atoms with Gasteiger partial charge in [-0.15, -0.1) is 0 Å². The molecule has 7 heteroatoms. The third kappa shape index (κ3) is 6.57. The molecule has 0 saturated carbocycles. The third-order valence-corrected chi connectivity index (χ3v) is 4.10. The van der Waals surface area contributed by atoms with E-state index in [2.05, 4.69) is 5.32 Å². The third-order valence-electron chi connectivity index (χ3n) is 4.10. The summed E-state index contributed by atoms with van der Waals surface area (Å²) in [5.74, 6) is -0.00309. The number of carbonyl (C=O) groups excluding carboxylic acids is 2. The number of nitrogens with one attached hydrogen (secondary N) is 1. The van der Waals surface area contributed by atoms with Gasteiger partial charge in [-0.3, -0.25) is 9.59 Å². The van der Waals surface area contributed by atoms with E-state index in [0.717, 1.165) is 5.56 Å². The topological polar surface area (TPSA) is 73.9 Å². The smallest absolute Gasteiger partial charge is 0.306 e. The number of benzene rings is 2. The van der Waals surface area contributed by atoms with Crippen molar-refractivity contribution in [2.45, 2.75) is 19.3 Å². The lowest BCUT2D eigenvalue weighted by Gasteiger charge is -2.10. The Bertz CT molecular complexity index is 809. The summed E-state index contributed by atoms with van der Waals surface area (Å²) in [7, 11) is 3.09. The summed E-state index contributed by atoms with van der Waals surface area (Å²) >= 11 is 0. The highest BCUT2D eigenvalue weighted by molar-refractivity contribution is 5.80. The summed E-state index contributed by atoms with van der Waals surface area (Å²) in [6.07, 6.45) is 0.956. The van der Waals surface area contributed by atoms with Gasteiger partial charge < -0.3 is 19.5 Å². The van der Waals surface area contributed by atoms with E-state index in [-0.39, 0.29) is 25.4 Å². The molecule has 0 saturated heterocycles. The Hall–Kier alpha value is -3.09. The quantitative estimate of drug-likeness (QED) is 0.633. The zero-order valence-corrected chi connectivity index (χ0v) is 16.0. The van der Waals surface area contributed by atoms with Crippen LogP contribution in [-0.2, 0) is 27.2 Å². The molecule has 0 fully saturated rings. The van der Waals surface area contributed by atoms with Gasteiger partial charge in [-0.25, -0.2) is 4.39 Å². The number of rotatable bonds is 10. The number of methoxy groups -OCH3 is 2. The van der Waals surface area contributed by atoms with Crippen molar-refractivity contribution in [3.63, 3.8) is 0 Å². The normalized spacial score (nSPS) is 10.2. The van der Waals surface area contributed by atoms with Crippen molar-refractivity contribution in [2.75, 3.05) is 27.4 Å². The van der Waals surface area contributed by atoms with Gasteiger partial charge in [0.05, 0.1) is 14.2 Å². The lowest BCUT2D eigenvalue weighted by atomic mass is 10.1. The fraction of sp³-hybridized carbons (Fsp3) is 0.333. The van der Waals surface area contributed by atoms with Crippen LogP contribution in [0.5, 0.6) is 11.5 Å². The van der Waals surface area contributed by atoms with E-state index in [0.29, 0.717) is 29.9 Å². The van der Waals surface area contributed by atoms with Gasteiger partial charge in [-0.2, -0.15) is 0 Å². The van der Waals surface area contributed by atoms with E-state index in [1.165, 1.54) is 6.07 Å². The molecule has 0 unspecified atom stereocenters. The van der Waals surface area contributed by atoms with Crippen LogP contribution in [0.25, 0.3) is 0 Å². The molecule has 0 aliphatic rings. The lowest BCUT2D eigenvalue weighted by Crippen LogP contribution is -2.30. The molecule has 0 aromatic heterocycles. The zero-order valence-electron chi connectivity index (χ0n) is 16.0. The highest BCUT2D eigenvalue weighted by atomic mass is 19.1. The Balaban J connectivity index is 1.68. The summed E-state index contributed by atoms with van der Waals surface area (Å²) in [6.45, 7) is -0.0923. The van der Waals surface area contributed by atoms with Gasteiger partial charge >= 0.3 is 5.97 Å². The molecule has 0 aliphatic carbocycles. The van der Waals surface area contributed by atoms with Crippen LogP contribution < -0.4 is 14.8 Å². The van der Waals surface area contributed by atoms with Gasteiger partial charge in [0.25, 0.3) is 5.91 Å². The standard InChI is InChI=1S/C21H24FNO5/c1-26-18-9-7-15(13-19(18)27-2)8-10-21(25)28-14-20(24)23-12-11-16-5-3-4-6-17(16)22/h3-7,9,13H,8,10-12,14H2,1-2H3,(H,23,24). The fourth-order valence-corrected chi connectivity index (χ4v) is 2.59. The van der Waals surface area contributed by atoms with Crippen molar-refractivity contribution >= 4 is 11.9 Å². The fourth-order valence-electron chi connectivity index (χ4n) is 2.59. The first-order valence-corrected chi connectivity index (χ1v) is 8.90. The van der Waals surface area contributed by atoms with Gasteiger partial charge in [-0.05, 0) is 42.2 Å². The number of hydrogen-bond acceptors (Lipinski definition) is 5.